The van der Waals surface area contributed by atoms with E-state index in [1.807, 2.05) is 6.92 Å². The van der Waals surface area contributed by atoms with Crippen LogP contribution >= 0.6 is 0 Å². The average Bonchev–Trinajstić information content (AvgIpc) is 2.38. The monoisotopic (exact) mass is 374 g/mol. The minimum absolute atomic E-state index is 0.213. The molecule has 0 atom stereocenters. The molecule has 0 unspecified atom stereocenters. The van der Waals surface area contributed by atoms with E-state index in [-0.39, 0.29) is 10.9 Å². The van der Waals surface area contributed by atoms with Crippen molar-refractivity contribution in [2.45, 2.75) is 60.3 Å². The minimum atomic E-state index is -2.70. The quantitative estimate of drug-likeness (QED) is 0.494. The fourth-order valence-corrected chi connectivity index (χ4v) is 19.4. The van der Waals surface area contributed by atoms with Gasteiger partial charge in [0.2, 0.25) is 0 Å². The first-order chi connectivity index (χ1) is 9.07. The summed E-state index contributed by atoms with van der Waals surface area (Å²) in [5, 5.41) is 0. The Morgan fingerprint density at radius 1 is 0.842 bits per heavy atom. The molecule has 4 heteroatoms. The van der Waals surface area contributed by atoms with E-state index < -0.39 is 18.4 Å². The molecule has 1 aromatic carbocycles. The van der Waals surface area contributed by atoms with Crippen molar-refractivity contribution in [3.05, 3.63) is 20.4 Å². The van der Waals surface area contributed by atoms with E-state index in [1.165, 1.54) is 13.3 Å². The summed E-state index contributed by atoms with van der Waals surface area (Å²) in [7, 11) is 0. The fourth-order valence-electron chi connectivity index (χ4n) is 3.32. The van der Waals surface area contributed by atoms with E-state index in [9.17, 15) is 9.59 Å². The summed E-state index contributed by atoms with van der Waals surface area (Å²) < 4.78 is 9.88. The van der Waals surface area contributed by atoms with Crippen molar-refractivity contribution in [1.82, 2.24) is 0 Å². The second kappa shape index (κ2) is 7.46. The topological polar surface area (TPSA) is 43.4 Å². The summed E-state index contributed by atoms with van der Waals surface area (Å²) in [4.78, 5) is 23.8. The molecule has 0 aliphatic heterocycles. The molecule has 1 rings (SSSR count). The van der Waals surface area contributed by atoms with Crippen LogP contribution in [0.2, 0.25) is 13.3 Å². The van der Waals surface area contributed by atoms with Crippen molar-refractivity contribution in [2.75, 3.05) is 6.61 Å². The maximum absolute atomic E-state index is 12.1. The van der Waals surface area contributed by atoms with Crippen LogP contribution < -0.4 is 19.2 Å². The molecule has 0 saturated heterocycles. The van der Waals surface area contributed by atoms with Crippen LogP contribution in [-0.4, -0.2) is 25.0 Å². The Morgan fingerprint density at radius 3 is 1.68 bits per heavy atom. The molecule has 0 radical (unpaired) electrons. The van der Waals surface area contributed by atoms with E-state index in [2.05, 4.69) is 20.8 Å². The molecule has 0 aliphatic carbocycles. The van der Waals surface area contributed by atoms with Gasteiger partial charge in [0.25, 0.3) is 0 Å². The average molecular weight is 373 g/mol. The molecule has 3 nitrogen and oxygen atoms in total. The summed E-state index contributed by atoms with van der Waals surface area (Å²) in [5.74, 6) is 0.443. The predicted molar refractivity (Wildman–Crippen MR) is 83.2 cm³/mol. The Labute approximate surface area is 119 Å². The first kappa shape index (κ1) is 16.7. The molecule has 108 valence electrons. The van der Waals surface area contributed by atoms with Gasteiger partial charge in [-0.3, -0.25) is 0 Å². The second-order valence-electron chi connectivity index (χ2n) is 5.33. The van der Waals surface area contributed by atoms with Gasteiger partial charge in [-0.15, -0.1) is 0 Å². The first-order valence-corrected chi connectivity index (χ1v) is 15.0. The van der Waals surface area contributed by atoms with Crippen LogP contribution in [0.4, 0.5) is 0 Å². The Morgan fingerprint density at radius 2 is 1.32 bits per heavy atom. The Kier molecular flexibility index (Phi) is 6.57. The standard InChI is InChI=1S/C6H5O3.3C3H7.Sn/c1-2-9-5-3-4(7)6(5)8;3*1-3-2;/h2H2,1H3;3*1,3H2,2H3;. The van der Waals surface area contributed by atoms with Gasteiger partial charge in [-0.1, -0.05) is 0 Å². The van der Waals surface area contributed by atoms with E-state index >= 15 is 0 Å². The van der Waals surface area contributed by atoms with E-state index in [0.29, 0.717) is 12.4 Å². The van der Waals surface area contributed by atoms with Gasteiger partial charge in [-0.2, -0.15) is 0 Å². The molecule has 0 aromatic heterocycles. The third-order valence-electron chi connectivity index (χ3n) is 3.87. The molecule has 0 spiro atoms. The van der Waals surface area contributed by atoms with Gasteiger partial charge in [-0.25, -0.2) is 0 Å². The van der Waals surface area contributed by atoms with E-state index in [4.69, 9.17) is 4.74 Å². The summed E-state index contributed by atoms with van der Waals surface area (Å²) in [5.41, 5.74) is -0.587. The molecule has 0 saturated carbocycles. The van der Waals surface area contributed by atoms with E-state index in [1.54, 1.807) is 0 Å². The Hall–Kier alpha value is -0.321. The number of ether oxygens (including phenoxy) is 1. The fraction of sp³-hybridized carbons (Fsp3) is 0.733. The van der Waals surface area contributed by atoms with Crippen LogP contribution in [0.25, 0.3) is 0 Å². The number of rotatable bonds is 9. The number of hydrogen-bond donors (Lipinski definition) is 0. The summed E-state index contributed by atoms with van der Waals surface area (Å²) in [6.45, 7) is 8.90. The molecule has 1 aromatic rings. The van der Waals surface area contributed by atoms with Crippen molar-refractivity contribution in [2.24, 2.45) is 0 Å². The van der Waals surface area contributed by atoms with Crippen LogP contribution in [0.3, 0.4) is 0 Å². The zero-order chi connectivity index (χ0) is 14.5. The molecule has 0 fully saturated rings. The van der Waals surface area contributed by atoms with Crippen LogP contribution in [0.15, 0.2) is 9.59 Å². The molecular formula is C15H26O3Sn. The third-order valence-corrected chi connectivity index (χ3v) is 20.7. The molecule has 0 N–H and O–H groups in total. The zero-order valence-electron chi connectivity index (χ0n) is 12.7. The van der Waals surface area contributed by atoms with Crippen LogP contribution in [0.1, 0.15) is 47.0 Å². The Balaban J connectivity index is 3.27. The van der Waals surface area contributed by atoms with Crippen molar-refractivity contribution in [3.63, 3.8) is 0 Å². The van der Waals surface area contributed by atoms with Crippen LogP contribution in [-0.2, 0) is 0 Å². The Bertz CT molecular complexity index is 455. The molecule has 19 heavy (non-hydrogen) atoms. The van der Waals surface area contributed by atoms with Gasteiger partial charge in [0.1, 0.15) is 0 Å². The summed E-state index contributed by atoms with van der Waals surface area (Å²) in [6, 6.07) is 0. The van der Waals surface area contributed by atoms with Crippen molar-refractivity contribution >= 4 is 22.0 Å². The number of hydrogen-bond acceptors (Lipinski definition) is 3. The maximum atomic E-state index is 12.1. The molecule has 0 bridgehead atoms. The van der Waals surface area contributed by atoms with Gasteiger partial charge in [0.15, 0.2) is 0 Å². The first-order valence-electron chi connectivity index (χ1n) is 7.54. The molecular weight excluding hydrogens is 347 g/mol. The van der Waals surface area contributed by atoms with Gasteiger partial charge in [0, 0.05) is 0 Å². The van der Waals surface area contributed by atoms with Crippen molar-refractivity contribution in [1.29, 1.82) is 0 Å². The van der Waals surface area contributed by atoms with Crippen LogP contribution in [0.5, 0.6) is 5.75 Å². The van der Waals surface area contributed by atoms with Crippen LogP contribution in [0, 0.1) is 0 Å². The summed E-state index contributed by atoms with van der Waals surface area (Å²) >= 11 is -2.70. The SMILES string of the molecule is CC[CH2][Sn]([CH2]CC)([CH2]CC)[c]1c(OCC)c(=O)c1=O. The van der Waals surface area contributed by atoms with Gasteiger partial charge >= 0.3 is 120 Å². The van der Waals surface area contributed by atoms with Gasteiger partial charge in [-0.05, 0) is 0 Å². The molecule has 0 aliphatic rings. The molecule has 0 amide bonds. The predicted octanol–water partition coefficient (Wildman–Crippen LogP) is 2.57. The second-order valence-corrected chi connectivity index (χ2v) is 18.3. The zero-order valence-corrected chi connectivity index (χ0v) is 15.5. The summed E-state index contributed by atoms with van der Waals surface area (Å²) in [6.07, 6.45) is 3.33. The third kappa shape index (κ3) is 3.23. The van der Waals surface area contributed by atoms with E-state index in [0.717, 1.165) is 22.8 Å². The van der Waals surface area contributed by atoms with Gasteiger partial charge in [0.05, 0.1) is 0 Å². The van der Waals surface area contributed by atoms with Crippen molar-refractivity contribution < 1.29 is 4.74 Å². The normalized spacial score (nSPS) is 12.0. The van der Waals surface area contributed by atoms with Crippen molar-refractivity contribution in [3.8, 4) is 5.75 Å². The van der Waals surface area contributed by atoms with Gasteiger partial charge < -0.3 is 0 Å². The molecule has 0 heterocycles.